The van der Waals surface area contributed by atoms with E-state index in [4.69, 9.17) is 14.6 Å². The van der Waals surface area contributed by atoms with Crippen molar-refractivity contribution < 1.29 is 24.2 Å². The quantitative estimate of drug-likeness (QED) is 0.837. The van der Waals surface area contributed by atoms with Crippen molar-refractivity contribution in [2.24, 2.45) is 0 Å². The van der Waals surface area contributed by atoms with Gasteiger partial charge in [0.25, 0.3) is 5.91 Å². The predicted molar refractivity (Wildman–Crippen MR) is 80.1 cm³/mol. The molecule has 1 amide bonds. The molecule has 0 spiro atoms. The minimum absolute atomic E-state index is 0.0328. The lowest BCUT2D eigenvalue weighted by Gasteiger charge is -2.19. The summed E-state index contributed by atoms with van der Waals surface area (Å²) >= 11 is 0. The zero-order valence-corrected chi connectivity index (χ0v) is 12.8. The molecule has 0 radical (unpaired) electrons. The highest BCUT2D eigenvalue weighted by Crippen LogP contribution is 2.28. The van der Waals surface area contributed by atoms with Crippen molar-refractivity contribution in [3.63, 3.8) is 0 Å². The molecule has 0 aromatic heterocycles. The molecule has 1 saturated heterocycles. The number of aliphatic carboxylic acids is 1. The number of hydrogen-bond acceptors (Lipinski definition) is 4. The molecule has 0 saturated carbocycles. The normalized spacial score (nSPS) is 19.6. The van der Waals surface area contributed by atoms with E-state index in [0.29, 0.717) is 17.9 Å². The van der Waals surface area contributed by atoms with Crippen LogP contribution in [0.5, 0.6) is 5.75 Å². The maximum Gasteiger partial charge on any atom is 0.341 e. The molecular formula is C16H21NO5. The zero-order chi connectivity index (χ0) is 16.2. The molecule has 2 N–H and O–H groups in total. The Kier molecular flexibility index (Phi) is 5.03. The van der Waals surface area contributed by atoms with E-state index < -0.39 is 12.6 Å². The van der Waals surface area contributed by atoms with Gasteiger partial charge in [0.05, 0.1) is 11.7 Å². The molecule has 1 heterocycles. The number of rotatable bonds is 6. The lowest BCUT2D eigenvalue weighted by molar-refractivity contribution is -0.139. The molecular weight excluding hydrogens is 286 g/mol. The summed E-state index contributed by atoms with van der Waals surface area (Å²) in [7, 11) is 0. The van der Waals surface area contributed by atoms with Gasteiger partial charge < -0.3 is 19.9 Å². The van der Waals surface area contributed by atoms with Gasteiger partial charge in [-0.05, 0) is 44.9 Å². The van der Waals surface area contributed by atoms with Crippen molar-refractivity contribution in [3.8, 4) is 5.75 Å². The lowest BCUT2D eigenvalue weighted by Crippen LogP contribution is -2.33. The average molecular weight is 307 g/mol. The Morgan fingerprint density at radius 2 is 2.23 bits per heavy atom. The molecule has 0 aliphatic carbocycles. The van der Waals surface area contributed by atoms with E-state index in [2.05, 4.69) is 5.32 Å². The van der Waals surface area contributed by atoms with Crippen LogP contribution < -0.4 is 10.1 Å². The first kappa shape index (κ1) is 16.3. The van der Waals surface area contributed by atoms with Crippen LogP contribution in [0.2, 0.25) is 0 Å². The van der Waals surface area contributed by atoms with Gasteiger partial charge in [0.1, 0.15) is 5.75 Å². The van der Waals surface area contributed by atoms with E-state index in [1.54, 1.807) is 18.2 Å². The second-order valence-electron chi connectivity index (χ2n) is 5.96. The van der Waals surface area contributed by atoms with Crippen LogP contribution in [0.4, 0.5) is 0 Å². The lowest BCUT2D eigenvalue weighted by atomic mass is 10.1. The summed E-state index contributed by atoms with van der Waals surface area (Å²) in [5, 5.41) is 11.4. The van der Waals surface area contributed by atoms with Gasteiger partial charge in [0.2, 0.25) is 0 Å². The Balaban J connectivity index is 1.87. The molecule has 0 bridgehead atoms. The number of carbonyl (C=O) groups is 2. The van der Waals surface area contributed by atoms with Gasteiger partial charge in [-0.3, -0.25) is 4.79 Å². The number of nitrogens with one attached hydrogen (secondary N) is 1. The monoisotopic (exact) mass is 307 g/mol. The maximum atomic E-state index is 12.1. The molecule has 1 fully saturated rings. The van der Waals surface area contributed by atoms with E-state index in [-0.39, 0.29) is 17.6 Å². The average Bonchev–Trinajstić information content (AvgIpc) is 2.82. The molecule has 1 aromatic carbocycles. The van der Waals surface area contributed by atoms with Gasteiger partial charge in [-0.15, -0.1) is 0 Å². The Hall–Kier alpha value is -2.08. The first-order chi connectivity index (χ1) is 10.4. The van der Waals surface area contributed by atoms with Crippen molar-refractivity contribution in [1.29, 1.82) is 0 Å². The molecule has 6 heteroatoms. The first-order valence-corrected chi connectivity index (χ1v) is 7.26. The Labute approximate surface area is 129 Å². The fourth-order valence-electron chi connectivity index (χ4n) is 2.40. The summed E-state index contributed by atoms with van der Waals surface area (Å²) in [5.74, 6) is -0.932. The largest absolute Gasteiger partial charge is 0.482 e. The van der Waals surface area contributed by atoms with E-state index in [1.165, 1.54) is 6.07 Å². The third-order valence-corrected chi connectivity index (χ3v) is 3.50. The smallest absolute Gasteiger partial charge is 0.341 e. The van der Waals surface area contributed by atoms with Gasteiger partial charge in [0, 0.05) is 12.1 Å². The van der Waals surface area contributed by atoms with E-state index in [1.807, 2.05) is 13.8 Å². The molecule has 120 valence electrons. The fraction of sp³-hybridized carbons (Fsp3) is 0.500. The minimum Gasteiger partial charge on any atom is -0.482 e. The van der Waals surface area contributed by atoms with E-state index >= 15 is 0 Å². The fourth-order valence-corrected chi connectivity index (χ4v) is 2.40. The van der Waals surface area contributed by atoms with Crippen molar-refractivity contribution in [3.05, 3.63) is 29.8 Å². The topological polar surface area (TPSA) is 84.9 Å². The number of ether oxygens (including phenoxy) is 2. The molecule has 1 atom stereocenters. The molecule has 1 unspecified atom stereocenters. The summed E-state index contributed by atoms with van der Waals surface area (Å²) in [6, 6.07) is 6.45. The highest BCUT2D eigenvalue weighted by molar-refractivity contribution is 5.94. The van der Waals surface area contributed by atoms with Crippen LogP contribution in [0.25, 0.3) is 0 Å². The van der Waals surface area contributed by atoms with Gasteiger partial charge >= 0.3 is 5.97 Å². The Bertz CT molecular complexity index is 555. The van der Waals surface area contributed by atoms with Crippen LogP contribution in [0.15, 0.2) is 24.3 Å². The zero-order valence-electron chi connectivity index (χ0n) is 12.8. The molecule has 22 heavy (non-hydrogen) atoms. The summed E-state index contributed by atoms with van der Waals surface area (Å²) in [5.41, 5.74) is 0.306. The molecule has 2 rings (SSSR count). The van der Waals surface area contributed by atoms with Crippen molar-refractivity contribution >= 4 is 11.9 Å². The molecule has 1 aliphatic heterocycles. The van der Waals surface area contributed by atoms with Gasteiger partial charge in [-0.1, -0.05) is 6.07 Å². The van der Waals surface area contributed by atoms with Gasteiger partial charge in [-0.2, -0.15) is 0 Å². The standard InChI is InChI=1S/C16H21NO5/c1-16(2)7-6-13(22-16)9-17-15(20)11-4-3-5-12(8-11)21-10-14(18)19/h3-5,8,13H,6-7,9-10H2,1-2H3,(H,17,20)(H,18,19). The number of hydrogen-bond donors (Lipinski definition) is 2. The Morgan fingerprint density at radius 1 is 1.45 bits per heavy atom. The SMILES string of the molecule is CC1(C)CCC(CNC(=O)c2cccc(OCC(=O)O)c2)O1. The van der Waals surface area contributed by atoms with Crippen LogP contribution in [0.3, 0.4) is 0 Å². The minimum atomic E-state index is -1.06. The second-order valence-corrected chi connectivity index (χ2v) is 5.96. The number of carboxylic acid groups (broad SMARTS) is 1. The third kappa shape index (κ3) is 4.73. The number of amides is 1. The predicted octanol–water partition coefficient (Wildman–Crippen LogP) is 1.84. The highest BCUT2D eigenvalue weighted by atomic mass is 16.5. The number of carboxylic acids is 1. The molecule has 1 aliphatic rings. The van der Waals surface area contributed by atoms with E-state index in [9.17, 15) is 9.59 Å². The number of benzene rings is 1. The summed E-state index contributed by atoms with van der Waals surface area (Å²) in [4.78, 5) is 22.6. The summed E-state index contributed by atoms with van der Waals surface area (Å²) in [6.45, 7) is 4.11. The van der Waals surface area contributed by atoms with Crippen LogP contribution in [0.1, 0.15) is 37.0 Å². The van der Waals surface area contributed by atoms with Crippen LogP contribution in [-0.2, 0) is 9.53 Å². The first-order valence-electron chi connectivity index (χ1n) is 7.26. The summed E-state index contributed by atoms with van der Waals surface area (Å²) < 4.78 is 10.9. The molecule has 1 aromatic rings. The van der Waals surface area contributed by atoms with Crippen molar-refractivity contribution in [2.75, 3.05) is 13.2 Å². The van der Waals surface area contributed by atoms with Crippen LogP contribution >= 0.6 is 0 Å². The number of carbonyl (C=O) groups excluding carboxylic acids is 1. The maximum absolute atomic E-state index is 12.1. The Morgan fingerprint density at radius 3 is 2.86 bits per heavy atom. The van der Waals surface area contributed by atoms with Crippen LogP contribution in [0, 0.1) is 0 Å². The highest BCUT2D eigenvalue weighted by Gasteiger charge is 2.31. The van der Waals surface area contributed by atoms with Crippen molar-refractivity contribution in [2.45, 2.75) is 38.4 Å². The van der Waals surface area contributed by atoms with Gasteiger partial charge in [0.15, 0.2) is 6.61 Å². The third-order valence-electron chi connectivity index (χ3n) is 3.50. The van der Waals surface area contributed by atoms with Crippen LogP contribution in [-0.4, -0.2) is 41.8 Å². The molecule has 6 nitrogen and oxygen atoms in total. The summed E-state index contributed by atoms with van der Waals surface area (Å²) in [6.07, 6.45) is 1.94. The van der Waals surface area contributed by atoms with E-state index in [0.717, 1.165) is 12.8 Å². The van der Waals surface area contributed by atoms with Gasteiger partial charge in [-0.25, -0.2) is 4.79 Å². The van der Waals surface area contributed by atoms with Crippen molar-refractivity contribution in [1.82, 2.24) is 5.32 Å². The second kappa shape index (κ2) is 6.79.